The Morgan fingerprint density at radius 3 is 2.23 bits per heavy atom. The lowest BCUT2D eigenvalue weighted by Gasteiger charge is -2.15. The highest BCUT2D eigenvalue weighted by molar-refractivity contribution is 7.89. The Hall–Kier alpha value is -2.42. The average molecular weight is 396 g/mol. The zero-order valence-electron chi connectivity index (χ0n) is 14.1. The lowest BCUT2D eigenvalue weighted by molar-refractivity contribution is -0.117. The van der Waals surface area contributed by atoms with Gasteiger partial charge in [-0.1, -0.05) is 17.7 Å². The Kier molecular flexibility index (Phi) is 6.36. The summed E-state index contributed by atoms with van der Waals surface area (Å²) < 4.78 is 27.1. The molecule has 2 aromatic carbocycles. The number of carbonyl (C=O) groups excluding carboxylic acids is 2. The summed E-state index contributed by atoms with van der Waals surface area (Å²) in [5, 5.41) is 5.59. The summed E-state index contributed by atoms with van der Waals surface area (Å²) >= 11 is 5.85. The fourth-order valence-electron chi connectivity index (χ4n) is 2.09. The highest BCUT2D eigenvalue weighted by Crippen LogP contribution is 2.16. The molecule has 0 aromatic heterocycles. The smallest absolute Gasteiger partial charge is 0.242 e. The summed E-state index contributed by atoms with van der Waals surface area (Å²) in [5.41, 5.74) is 0.941. The zero-order chi connectivity index (χ0) is 19.3. The second kappa shape index (κ2) is 8.31. The van der Waals surface area contributed by atoms with Gasteiger partial charge in [0.15, 0.2) is 0 Å². The third-order valence-electron chi connectivity index (χ3n) is 3.30. The molecule has 3 N–H and O–H groups in total. The third kappa shape index (κ3) is 5.55. The Balaban J connectivity index is 2.05. The van der Waals surface area contributed by atoms with Crippen molar-refractivity contribution in [1.82, 2.24) is 4.72 Å². The number of nitrogens with one attached hydrogen (secondary N) is 3. The number of benzene rings is 2. The maximum atomic E-state index is 12.4. The van der Waals surface area contributed by atoms with Crippen molar-refractivity contribution in [2.75, 3.05) is 10.6 Å². The summed E-state index contributed by atoms with van der Waals surface area (Å²) in [6, 6.07) is 11.1. The first kappa shape index (κ1) is 19.9. The highest BCUT2D eigenvalue weighted by Gasteiger charge is 2.22. The van der Waals surface area contributed by atoms with Crippen LogP contribution in [0.25, 0.3) is 0 Å². The van der Waals surface area contributed by atoms with Crippen molar-refractivity contribution in [2.24, 2.45) is 0 Å². The fraction of sp³-hybridized carbons (Fsp3) is 0.176. The molecule has 0 radical (unpaired) electrons. The molecule has 2 amide bonds. The molecule has 0 spiro atoms. The lowest BCUT2D eigenvalue weighted by atomic mass is 10.3. The number of hydrogen-bond acceptors (Lipinski definition) is 4. The average Bonchev–Trinajstić information content (AvgIpc) is 2.54. The number of anilines is 2. The second-order valence-electron chi connectivity index (χ2n) is 5.55. The van der Waals surface area contributed by atoms with E-state index in [2.05, 4.69) is 15.4 Å². The second-order valence-corrected chi connectivity index (χ2v) is 7.70. The largest absolute Gasteiger partial charge is 0.326 e. The quantitative estimate of drug-likeness (QED) is 0.699. The SMILES string of the molecule is CC(=O)Nc1ccc(S(=O)(=O)NC(C)C(=O)Nc2cccc(Cl)c2)cc1. The topological polar surface area (TPSA) is 104 Å². The molecule has 0 aliphatic heterocycles. The van der Waals surface area contributed by atoms with Crippen molar-refractivity contribution in [3.63, 3.8) is 0 Å². The van der Waals surface area contributed by atoms with Crippen LogP contribution in [-0.4, -0.2) is 26.3 Å². The summed E-state index contributed by atoms with van der Waals surface area (Å²) in [7, 11) is -3.90. The first-order valence-corrected chi connectivity index (χ1v) is 9.50. The van der Waals surface area contributed by atoms with Crippen molar-refractivity contribution in [3.05, 3.63) is 53.6 Å². The van der Waals surface area contributed by atoms with Crippen LogP contribution >= 0.6 is 11.6 Å². The molecule has 7 nitrogen and oxygen atoms in total. The maximum absolute atomic E-state index is 12.4. The van der Waals surface area contributed by atoms with E-state index >= 15 is 0 Å². The van der Waals surface area contributed by atoms with Gasteiger partial charge in [0.25, 0.3) is 0 Å². The van der Waals surface area contributed by atoms with Gasteiger partial charge in [-0.2, -0.15) is 4.72 Å². The van der Waals surface area contributed by atoms with E-state index in [1.807, 2.05) is 0 Å². The molecule has 9 heteroatoms. The molecule has 1 atom stereocenters. The minimum atomic E-state index is -3.90. The summed E-state index contributed by atoms with van der Waals surface area (Å²) in [6.07, 6.45) is 0. The Bertz CT molecular complexity index is 914. The molecule has 0 saturated heterocycles. The van der Waals surface area contributed by atoms with Gasteiger partial charge in [0.2, 0.25) is 21.8 Å². The van der Waals surface area contributed by atoms with E-state index in [0.717, 1.165) is 0 Å². The van der Waals surface area contributed by atoms with E-state index in [0.29, 0.717) is 16.4 Å². The Labute approximate surface area is 156 Å². The highest BCUT2D eigenvalue weighted by atomic mass is 35.5. The number of amides is 2. The van der Waals surface area contributed by atoms with Crippen LogP contribution < -0.4 is 15.4 Å². The number of hydrogen-bond donors (Lipinski definition) is 3. The van der Waals surface area contributed by atoms with Crippen molar-refractivity contribution >= 4 is 44.8 Å². The van der Waals surface area contributed by atoms with Gasteiger partial charge >= 0.3 is 0 Å². The van der Waals surface area contributed by atoms with Crippen LogP contribution in [0.3, 0.4) is 0 Å². The molecule has 1 unspecified atom stereocenters. The van der Waals surface area contributed by atoms with Gasteiger partial charge in [0, 0.05) is 23.3 Å². The van der Waals surface area contributed by atoms with Gasteiger partial charge in [-0.25, -0.2) is 8.42 Å². The summed E-state index contributed by atoms with van der Waals surface area (Å²) in [6.45, 7) is 2.79. The van der Waals surface area contributed by atoms with Crippen molar-refractivity contribution in [2.45, 2.75) is 24.8 Å². The standard InChI is InChI=1S/C17H18ClN3O4S/c1-11(17(23)20-15-5-3-4-13(18)10-15)21-26(24,25)16-8-6-14(7-9-16)19-12(2)22/h3-11,21H,1-2H3,(H,19,22)(H,20,23). The van der Waals surface area contributed by atoms with Gasteiger partial charge in [0.1, 0.15) is 0 Å². The molecule has 0 aliphatic carbocycles. The van der Waals surface area contributed by atoms with Crippen LogP contribution in [0.2, 0.25) is 5.02 Å². The van der Waals surface area contributed by atoms with Gasteiger partial charge < -0.3 is 10.6 Å². The zero-order valence-corrected chi connectivity index (χ0v) is 15.7. The lowest BCUT2D eigenvalue weighted by Crippen LogP contribution is -2.41. The number of halogens is 1. The Morgan fingerprint density at radius 2 is 1.65 bits per heavy atom. The summed E-state index contributed by atoms with van der Waals surface area (Å²) in [5.74, 6) is -0.782. The molecule has 0 heterocycles. The fourth-order valence-corrected chi connectivity index (χ4v) is 3.48. The molecule has 26 heavy (non-hydrogen) atoms. The number of sulfonamides is 1. The molecule has 0 bridgehead atoms. The summed E-state index contributed by atoms with van der Waals surface area (Å²) in [4.78, 5) is 23.2. The van der Waals surface area contributed by atoms with Gasteiger partial charge in [-0.15, -0.1) is 0 Å². The molecule has 0 aliphatic rings. The molecule has 138 valence electrons. The Morgan fingerprint density at radius 1 is 1.00 bits per heavy atom. The first-order valence-electron chi connectivity index (χ1n) is 7.64. The van der Waals surface area contributed by atoms with Crippen LogP contribution in [0.4, 0.5) is 11.4 Å². The molecule has 0 fully saturated rings. The predicted molar refractivity (Wildman–Crippen MR) is 101 cm³/mol. The van der Waals surface area contributed by atoms with Crippen molar-refractivity contribution < 1.29 is 18.0 Å². The van der Waals surface area contributed by atoms with E-state index < -0.39 is 22.0 Å². The number of rotatable bonds is 6. The third-order valence-corrected chi connectivity index (χ3v) is 5.09. The molecule has 0 saturated carbocycles. The van der Waals surface area contributed by atoms with E-state index in [4.69, 9.17) is 11.6 Å². The van der Waals surface area contributed by atoms with Gasteiger partial charge in [-0.05, 0) is 49.4 Å². The predicted octanol–water partition coefficient (Wildman–Crippen LogP) is 2.60. The number of carbonyl (C=O) groups is 2. The van der Waals surface area contributed by atoms with E-state index in [-0.39, 0.29) is 10.8 Å². The molecule has 2 aromatic rings. The maximum Gasteiger partial charge on any atom is 0.242 e. The van der Waals surface area contributed by atoms with E-state index in [9.17, 15) is 18.0 Å². The molecular weight excluding hydrogens is 378 g/mol. The van der Waals surface area contributed by atoms with E-state index in [1.165, 1.54) is 38.1 Å². The van der Waals surface area contributed by atoms with Crippen LogP contribution in [0.1, 0.15) is 13.8 Å². The normalized spacial score (nSPS) is 12.3. The monoisotopic (exact) mass is 395 g/mol. The van der Waals surface area contributed by atoms with Gasteiger partial charge in [0.05, 0.1) is 10.9 Å². The molecular formula is C17H18ClN3O4S. The minimum Gasteiger partial charge on any atom is -0.326 e. The van der Waals surface area contributed by atoms with Crippen LogP contribution in [-0.2, 0) is 19.6 Å². The molecule has 2 rings (SSSR count). The van der Waals surface area contributed by atoms with Gasteiger partial charge in [-0.3, -0.25) is 9.59 Å². The van der Waals surface area contributed by atoms with Crippen molar-refractivity contribution in [3.8, 4) is 0 Å². The first-order chi connectivity index (χ1) is 12.2. The van der Waals surface area contributed by atoms with Crippen LogP contribution in [0.15, 0.2) is 53.4 Å². The van der Waals surface area contributed by atoms with E-state index in [1.54, 1.807) is 24.3 Å². The minimum absolute atomic E-state index is 0.0194. The van der Waals surface area contributed by atoms with Crippen LogP contribution in [0, 0.1) is 0 Å². The van der Waals surface area contributed by atoms with Crippen LogP contribution in [0.5, 0.6) is 0 Å². The van der Waals surface area contributed by atoms with Crippen molar-refractivity contribution in [1.29, 1.82) is 0 Å².